The van der Waals surface area contributed by atoms with Gasteiger partial charge in [0.2, 0.25) is 15.4 Å². The van der Waals surface area contributed by atoms with Crippen molar-refractivity contribution in [3.05, 3.63) is 52.4 Å². The third-order valence-electron chi connectivity index (χ3n) is 5.07. The van der Waals surface area contributed by atoms with Crippen LogP contribution in [0, 0.1) is 0 Å². The summed E-state index contributed by atoms with van der Waals surface area (Å²) in [6.07, 6.45) is 2.30. The number of piperidine rings is 1. The van der Waals surface area contributed by atoms with Crippen molar-refractivity contribution in [2.75, 3.05) is 13.1 Å². The number of H-pyrrole nitrogens is 1. The van der Waals surface area contributed by atoms with Crippen molar-refractivity contribution >= 4 is 9.84 Å². The predicted molar refractivity (Wildman–Crippen MR) is 88.2 cm³/mol. The van der Waals surface area contributed by atoms with Gasteiger partial charge >= 0.3 is 0 Å². The van der Waals surface area contributed by atoms with Crippen molar-refractivity contribution in [3.8, 4) is 5.75 Å². The molecule has 6 nitrogen and oxygen atoms in total. The molecule has 0 amide bonds. The van der Waals surface area contributed by atoms with E-state index in [2.05, 4.69) is 17.2 Å². The van der Waals surface area contributed by atoms with Gasteiger partial charge in [-0.25, -0.2) is 8.42 Å². The number of nitrogens with one attached hydrogen (secondary N) is 2. The van der Waals surface area contributed by atoms with Crippen molar-refractivity contribution in [1.82, 2.24) is 10.3 Å². The molecule has 2 N–H and O–H groups in total. The summed E-state index contributed by atoms with van der Waals surface area (Å²) in [6, 6.07) is 7.51. The maximum absolute atomic E-state index is 12.8. The summed E-state index contributed by atoms with van der Waals surface area (Å²) in [5.41, 5.74) is 0.518. The number of ether oxygens (including phenoxy) is 1. The van der Waals surface area contributed by atoms with Crippen LogP contribution in [0.2, 0.25) is 0 Å². The highest BCUT2D eigenvalue weighted by atomic mass is 32.2. The molecule has 0 saturated carbocycles. The van der Waals surface area contributed by atoms with Crippen LogP contribution in [0.5, 0.6) is 5.75 Å². The molecule has 2 unspecified atom stereocenters. The number of rotatable bonds is 2. The van der Waals surface area contributed by atoms with Crippen LogP contribution >= 0.6 is 0 Å². The van der Waals surface area contributed by atoms with E-state index >= 15 is 0 Å². The third kappa shape index (κ3) is 2.19. The summed E-state index contributed by atoms with van der Waals surface area (Å²) in [5, 5.41) is 3.31. The molecule has 0 radical (unpaired) electrons. The van der Waals surface area contributed by atoms with E-state index in [0.717, 1.165) is 31.1 Å². The molecule has 2 atom stereocenters. The van der Waals surface area contributed by atoms with E-state index < -0.39 is 15.4 Å². The Balaban J connectivity index is 1.79. The Morgan fingerprint density at radius 2 is 2.00 bits per heavy atom. The monoisotopic (exact) mass is 346 g/mol. The molecule has 2 aliphatic heterocycles. The maximum Gasteiger partial charge on any atom is 0.249 e. The summed E-state index contributed by atoms with van der Waals surface area (Å²) < 4.78 is 31.5. The molecule has 126 valence electrons. The van der Waals surface area contributed by atoms with E-state index in [1.807, 2.05) is 6.07 Å². The first-order chi connectivity index (χ1) is 11.4. The van der Waals surface area contributed by atoms with Gasteiger partial charge in [-0.05, 0) is 31.2 Å². The highest BCUT2D eigenvalue weighted by Gasteiger charge is 2.46. The fourth-order valence-electron chi connectivity index (χ4n) is 3.57. The van der Waals surface area contributed by atoms with Crippen molar-refractivity contribution in [2.24, 2.45) is 0 Å². The Hall–Kier alpha value is -2.12. The fourth-order valence-corrected chi connectivity index (χ4v) is 4.86. The maximum atomic E-state index is 12.8. The minimum absolute atomic E-state index is 0.0128. The first-order valence-electron chi connectivity index (χ1n) is 7.87. The molecule has 3 heterocycles. The first kappa shape index (κ1) is 15.4. The largest absolute Gasteiger partial charge is 0.488 e. The second-order valence-corrected chi connectivity index (χ2v) is 8.48. The Morgan fingerprint density at radius 1 is 1.21 bits per heavy atom. The van der Waals surface area contributed by atoms with Crippen molar-refractivity contribution in [1.29, 1.82) is 0 Å². The van der Waals surface area contributed by atoms with Gasteiger partial charge in [0.25, 0.3) is 0 Å². The van der Waals surface area contributed by atoms with Crippen LogP contribution < -0.4 is 15.6 Å². The van der Waals surface area contributed by atoms with Gasteiger partial charge < -0.3 is 15.0 Å². The van der Waals surface area contributed by atoms with E-state index in [1.165, 1.54) is 12.3 Å². The molecule has 4 rings (SSSR count). The van der Waals surface area contributed by atoms with Crippen LogP contribution in [-0.2, 0) is 15.3 Å². The van der Waals surface area contributed by atoms with Gasteiger partial charge in [-0.15, -0.1) is 0 Å². The van der Waals surface area contributed by atoms with Crippen molar-refractivity contribution in [2.45, 2.75) is 34.7 Å². The Morgan fingerprint density at radius 3 is 2.79 bits per heavy atom. The molecule has 2 aromatic rings. The summed E-state index contributed by atoms with van der Waals surface area (Å²) in [5.74, 6) is 0.622. The molecule has 1 fully saturated rings. The van der Waals surface area contributed by atoms with Gasteiger partial charge in [-0.2, -0.15) is 0 Å². The molecule has 7 heteroatoms. The van der Waals surface area contributed by atoms with Crippen molar-refractivity contribution < 1.29 is 13.2 Å². The van der Waals surface area contributed by atoms with Gasteiger partial charge in [-0.1, -0.05) is 13.0 Å². The zero-order valence-electron chi connectivity index (χ0n) is 13.2. The quantitative estimate of drug-likeness (QED) is 0.854. The number of aromatic nitrogens is 1. The summed E-state index contributed by atoms with van der Waals surface area (Å²) in [4.78, 5) is 14.0. The lowest BCUT2D eigenvalue weighted by Crippen LogP contribution is -2.49. The molecule has 1 saturated heterocycles. The van der Waals surface area contributed by atoms with Gasteiger partial charge in [0, 0.05) is 29.8 Å². The highest BCUT2D eigenvalue weighted by Crippen LogP contribution is 2.47. The summed E-state index contributed by atoms with van der Waals surface area (Å²) in [7, 11) is -3.75. The predicted octanol–water partition coefficient (Wildman–Crippen LogP) is 1.22. The average Bonchev–Trinajstić information content (AvgIpc) is 2.86. The van der Waals surface area contributed by atoms with E-state index in [-0.39, 0.29) is 21.3 Å². The molecule has 2 aliphatic rings. The molecular formula is C17H18N2O4S. The number of fused-ring (bicyclic) bond motifs is 3. The Kier molecular flexibility index (Phi) is 3.33. The zero-order chi connectivity index (χ0) is 16.9. The van der Waals surface area contributed by atoms with Crippen LogP contribution in [0.25, 0.3) is 0 Å². The second-order valence-electron chi connectivity index (χ2n) is 6.53. The summed E-state index contributed by atoms with van der Waals surface area (Å²) in [6.45, 7) is 3.83. The van der Waals surface area contributed by atoms with Crippen LogP contribution in [0.4, 0.5) is 0 Å². The Bertz CT molecular complexity index is 967. The van der Waals surface area contributed by atoms with Gasteiger partial charge in [0.1, 0.15) is 11.9 Å². The van der Waals surface area contributed by atoms with Crippen LogP contribution in [0.15, 0.2) is 51.1 Å². The van der Waals surface area contributed by atoms with E-state index in [9.17, 15) is 13.2 Å². The lowest BCUT2D eigenvalue weighted by Gasteiger charge is -2.35. The molecule has 0 bridgehead atoms. The Labute approximate surface area is 139 Å². The van der Waals surface area contributed by atoms with Crippen LogP contribution in [0.3, 0.4) is 0 Å². The van der Waals surface area contributed by atoms with E-state index in [0.29, 0.717) is 5.75 Å². The van der Waals surface area contributed by atoms with Gasteiger partial charge in [0.05, 0.1) is 9.79 Å². The number of aromatic amines is 1. The first-order valence-corrected chi connectivity index (χ1v) is 9.35. The molecular weight excluding hydrogens is 328 g/mol. The number of hydrogen-bond acceptors (Lipinski definition) is 5. The minimum atomic E-state index is -3.75. The molecule has 1 aromatic carbocycles. The number of hydrogen-bond donors (Lipinski definition) is 2. The SMILES string of the molecule is CC12CCNCC1Oc1cc(S(=O)(=O)c3cc[nH]c(=O)c3)ccc12. The highest BCUT2D eigenvalue weighted by molar-refractivity contribution is 7.91. The number of benzene rings is 1. The summed E-state index contributed by atoms with van der Waals surface area (Å²) >= 11 is 0. The molecule has 0 aliphatic carbocycles. The normalized spacial score (nSPS) is 25.6. The second kappa shape index (κ2) is 5.19. The van der Waals surface area contributed by atoms with Gasteiger partial charge in [-0.3, -0.25) is 4.79 Å². The van der Waals surface area contributed by atoms with E-state index in [4.69, 9.17) is 4.74 Å². The van der Waals surface area contributed by atoms with Crippen LogP contribution in [-0.4, -0.2) is 32.6 Å². The molecule has 24 heavy (non-hydrogen) atoms. The minimum Gasteiger partial charge on any atom is -0.488 e. The van der Waals surface area contributed by atoms with Crippen LogP contribution in [0.1, 0.15) is 18.9 Å². The van der Waals surface area contributed by atoms with Gasteiger partial charge in [0.15, 0.2) is 0 Å². The number of pyridine rings is 1. The number of sulfone groups is 1. The third-order valence-corrected chi connectivity index (χ3v) is 6.82. The topological polar surface area (TPSA) is 88.3 Å². The lowest BCUT2D eigenvalue weighted by molar-refractivity contribution is 0.123. The fraction of sp³-hybridized carbons (Fsp3) is 0.353. The average molecular weight is 346 g/mol. The standard InChI is InChI=1S/C17H18N2O4S/c1-17-5-7-18-10-15(17)23-14-8-11(2-3-13(14)17)24(21,22)12-4-6-19-16(20)9-12/h2-4,6,8-9,15,18H,5,7,10H2,1H3,(H,19,20). The molecule has 1 aromatic heterocycles. The van der Waals surface area contributed by atoms with E-state index in [1.54, 1.807) is 12.1 Å². The van der Waals surface area contributed by atoms with Crippen molar-refractivity contribution in [3.63, 3.8) is 0 Å². The smallest absolute Gasteiger partial charge is 0.249 e. The lowest BCUT2D eigenvalue weighted by atomic mass is 9.74. The zero-order valence-corrected chi connectivity index (χ0v) is 14.0. The molecule has 0 spiro atoms.